The highest BCUT2D eigenvalue weighted by molar-refractivity contribution is 7.89. The number of aliphatic hydroxyl groups is 1. The van der Waals surface area contributed by atoms with E-state index in [1.807, 2.05) is 5.38 Å². The predicted octanol–water partition coefficient (Wildman–Crippen LogP) is 2.75. The lowest BCUT2D eigenvalue weighted by atomic mass is 9.98. The lowest BCUT2D eigenvalue weighted by Crippen LogP contribution is -2.32. The molecule has 6 heteroatoms. The third kappa shape index (κ3) is 3.08. The Kier molecular flexibility index (Phi) is 5.23. The first-order valence-electron chi connectivity index (χ1n) is 7.18. The van der Waals surface area contributed by atoms with Crippen LogP contribution in [0.15, 0.2) is 10.3 Å². The topological polar surface area (TPSA) is 57.6 Å². The van der Waals surface area contributed by atoms with Crippen molar-refractivity contribution in [2.24, 2.45) is 5.92 Å². The SMILES string of the molecule is CCC1CCCN(S(=O)(=O)c2c(C)csc2CO)CC1. The van der Waals surface area contributed by atoms with Crippen molar-refractivity contribution in [3.63, 3.8) is 0 Å². The lowest BCUT2D eigenvalue weighted by molar-refractivity contribution is 0.282. The molecule has 1 aliphatic heterocycles. The highest BCUT2D eigenvalue weighted by Gasteiger charge is 2.31. The van der Waals surface area contributed by atoms with Crippen LogP contribution in [-0.2, 0) is 16.6 Å². The van der Waals surface area contributed by atoms with E-state index in [9.17, 15) is 13.5 Å². The van der Waals surface area contributed by atoms with Gasteiger partial charge in [0.05, 0.1) is 11.5 Å². The van der Waals surface area contributed by atoms with E-state index in [4.69, 9.17) is 0 Å². The second-order valence-electron chi connectivity index (χ2n) is 5.44. The van der Waals surface area contributed by atoms with Crippen molar-refractivity contribution in [3.8, 4) is 0 Å². The summed E-state index contributed by atoms with van der Waals surface area (Å²) in [5.74, 6) is 0.635. The Morgan fingerprint density at radius 2 is 2.15 bits per heavy atom. The van der Waals surface area contributed by atoms with E-state index >= 15 is 0 Å². The van der Waals surface area contributed by atoms with Gasteiger partial charge in [0, 0.05) is 13.1 Å². The number of sulfonamides is 1. The van der Waals surface area contributed by atoms with Crippen molar-refractivity contribution in [2.45, 2.75) is 51.0 Å². The molecular weight excluding hydrogens is 294 g/mol. The summed E-state index contributed by atoms with van der Waals surface area (Å²) in [6, 6.07) is 0. The minimum absolute atomic E-state index is 0.210. The minimum atomic E-state index is -3.46. The van der Waals surface area contributed by atoms with E-state index in [-0.39, 0.29) is 6.61 Å². The first kappa shape index (κ1) is 15.9. The van der Waals surface area contributed by atoms with Crippen LogP contribution in [0.1, 0.15) is 43.0 Å². The average Bonchev–Trinajstić information content (AvgIpc) is 2.65. The van der Waals surface area contributed by atoms with Crippen LogP contribution in [0.25, 0.3) is 0 Å². The first-order valence-corrected chi connectivity index (χ1v) is 9.50. The summed E-state index contributed by atoms with van der Waals surface area (Å²) < 4.78 is 27.2. The van der Waals surface area contributed by atoms with Gasteiger partial charge in [-0.3, -0.25) is 0 Å². The van der Waals surface area contributed by atoms with Gasteiger partial charge in [0.2, 0.25) is 10.0 Å². The number of nitrogens with zero attached hydrogens (tertiary/aromatic N) is 1. The van der Waals surface area contributed by atoms with E-state index < -0.39 is 10.0 Å². The van der Waals surface area contributed by atoms with E-state index in [0.29, 0.717) is 28.8 Å². The second kappa shape index (κ2) is 6.56. The molecule has 0 saturated carbocycles. The van der Waals surface area contributed by atoms with Crippen molar-refractivity contribution < 1.29 is 13.5 Å². The van der Waals surface area contributed by atoms with Crippen LogP contribution in [0.5, 0.6) is 0 Å². The van der Waals surface area contributed by atoms with Gasteiger partial charge in [-0.25, -0.2) is 8.42 Å². The number of aryl methyl sites for hydroxylation is 1. The summed E-state index contributed by atoms with van der Waals surface area (Å²) >= 11 is 1.32. The third-order valence-corrected chi connectivity index (χ3v) is 7.46. The highest BCUT2D eigenvalue weighted by atomic mass is 32.2. The van der Waals surface area contributed by atoms with Crippen LogP contribution in [0.3, 0.4) is 0 Å². The van der Waals surface area contributed by atoms with Crippen LogP contribution in [-0.4, -0.2) is 30.9 Å². The molecular formula is C14H23NO3S2. The molecule has 1 aromatic rings. The van der Waals surface area contributed by atoms with Gasteiger partial charge >= 0.3 is 0 Å². The lowest BCUT2D eigenvalue weighted by Gasteiger charge is -2.21. The Morgan fingerprint density at radius 1 is 1.40 bits per heavy atom. The summed E-state index contributed by atoms with van der Waals surface area (Å²) in [4.78, 5) is 0.888. The Bertz CT molecular complexity index is 551. The van der Waals surface area contributed by atoms with Crippen molar-refractivity contribution in [1.82, 2.24) is 4.31 Å². The van der Waals surface area contributed by atoms with Gasteiger partial charge in [-0.05, 0) is 43.0 Å². The summed E-state index contributed by atoms with van der Waals surface area (Å²) in [6.07, 6.45) is 4.09. The molecule has 1 aromatic heterocycles. The molecule has 0 amide bonds. The molecule has 114 valence electrons. The summed E-state index contributed by atoms with van der Waals surface area (Å²) in [6.45, 7) is 4.95. The predicted molar refractivity (Wildman–Crippen MR) is 81.4 cm³/mol. The maximum atomic E-state index is 12.8. The van der Waals surface area contributed by atoms with E-state index in [2.05, 4.69) is 6.92 Å². The number of rotatable bonds is 4. The molecule has 1 fully saturated rings. The van der Waals surface area contributed by atoms with Crippen LogP contribution >= 0.6 is 11.3 Å². The summed E-state index contributed by atoms with van der Waals surface area (Å²) in [5.41, 5.74) is 0.746. The fourth-order valence-corrected chi connectivity index (χ4v) is 5.97. The van der Waals surface area contributed by atoms with Gasteiger partial charge in [-0.15, -0.1) is 11.3 Å². The molecule has 4 nitrogen and oxygen atoms in total. The van der Waals surface area contributed by atoms with Gasteiger partial charge in [0.1, 0.15) is 4.90 Å². The molecule has 0 aromatic carbocycles. The van der Waals surface area contributed by atoms with Gasteiger partial charge in [-0.1, -0.05) is 13.3 Å². The maximum absolute atomic E-state index is 12.8. The van der Waals surface area contributed by atoms with Crippen molar-refractivity contribution in [2.75, 3.05) is 13.1 Å². The molecule has 1 N–H and O–H groups in total. The van der Waals surface area contributed by atoms with Crippen LogP contribution in [0, 0.1) is 12.8 Å². The zero-order valence-corrected chi connectivity index (χ0v) is 13.8. The Balaban J connectivity index is 2.28. The van der Waals surface area contributed by atoms with Crippen molar-refractivity contribution >= 4 is 21.4 Å². The quantitative estimate of drug-likeness (QED) is 0.929. The van der Waals surface area contributed by atoms with E-state index in [0.717, 1.165) is 31.2 Å². The maximum Gasteiger partial charge on any atom is 0.244 e. The molecule has 1 aliphatic rings. The number of thiophene rings is 1. The van der Waals surface area contributed by atoms with E-state index in [1.165, 1.54) is 11.3 Å². The third-order valence-electron chi connectivity index (χ3n) is 4.11. The molecule has 0 spiro atoms. The Morgan fingerprint density at radius 3 is 2.80 bits per heavy atom. The number of hydrogen-bond acceptors (Lipinski definition) is 4. The smallest absolute Gasteiger partial charge is 0.244 e. The number of aliphatic hydroxyl groups excluding tert-OH is 1. The molecule has 0 bridgehead atoms. The molecule has 20 heavy (non-hydrogen) atoms. The average molecular weight is 317 g/mol. The summed E-state index contributed by atoms with van der Waals surface area (Å²) in [7, 11) is -3.46. The fraction of sp³-hybridized carbons (Fsp3) is 0.714. The zero-order valence-electron chi connectivity index (χ0n) is 12.1. The van der Waals surface area contributed by atoms with Gasteiger partial charge < -0.3 is 5.11 Å². The monoisotopic (exact) mass is 317 g/mol. The number of hydrogen-bond donors (Lipinski definition) is 1. The zero-order chi connectivity index (χ0) is 14.8. The Hall–Kier alpha value is -0.430. The van der Waals surface area contributed by atoms with Gasteiger partial charge in [-0.2, -0.15) is 4.31 Å². The minimum Gasteiger partial charge on any atom is -0.391 e. The summed E-state index contributed by atoms with van der Waals surface area (Å²) in [5, 5.41) is 11.2. The molecule has 2 heterocycles. The highest BCUT2D eigenvalue weighted by Crippen LogP contribution is 2.31. The molecule has 2 rings (SSSR count). The van der Waals surface area contributed by atoms with E-state index in [1.54, 1.807) is 11.2 Å². The van der Waals surface area contributed by atoms with Gasteiger partial charge in [0.25, 0.3) is 0 Å². The largest absolute Gasteiger partial charge is 0.391 e. The van der Waals surface area contributed by atoms with Crippen molar-refractivity contribution in [1.29, 1.82) is 0 Å². The van der Waals surface area contributed by atoms with Crippen LogP contribution < -0.4 is 0 Å². The molecule has 1 unspecified atom stereocenters. The van der Waals surface area contributed by atoms with Gasteiger partial charge in [0.15, 0.2) is 0 Å². The first-order chi connectivity index (χ1) is 9.50. The molecule has 0 aliphatic carbocycles. The van der Waals surface area contributed by atoms with Crippen LogP contribution in [0.4, 0.5) is 0 Å². The molecule has 0 radical (unpaired) electrons. The van der Waals surface area contributed by atoms with Crippen LogP contribution in [0.2, 0.25) is 0 Å². The standard InChI is InChI=1S/C14H23NO3S2/c1-3-12-5-4-7-15(8-6-12)20(17,18)14-11(2)10-19-13(14)9-16/h10,12,16H,3-9H2,1-2H3. The van der Waals surface area contributed by atoms with Crippen molar-refractivity contribution in [3.05, 3.63) is 15.8 Å². The Labute approximate surface area is 125 Å². The normalized spacial score (nSPS) is 21.9. The fourth-order valence-electron chi connectivity index (χ4n) is 2.86. The second-order valence-corrected chi connectivity index (χ2v) is 8.28. The molecule has 1 saturated heterocycles. The molecule has 1 atom stereocenters.